The molecule has 0 amide bonds. The predicted molar refractivity (Wildman–Crippen MR) is 58.2 cm³/mol. The van der Waals surface area contributed by atoms with Gasteiger partial charge in [0, 0.05) is 5.69 Å². The first-order valence-corrected chi connectivity index (χ1v) is 4.97. The Bertz CT molecular complexity index is 634. The van der Waals surface area contributed by atoms with Crippen molar-refractivity contribution in [2.24, 2.45) is 0 Å². The third kappa shape index (κ3) is 1.92. The number of aromatic nitrogens is 5. The van der Waals surface area contributed by atoms with E-state index in [1.54, 1.807) is 19.9 Å². The SMILES string of the molecule is Cc1cc(C)n(Cc2nn[nH]n2)c(=O)c1C#N. The van der Waals surface area contributed by atoms with E-state index in [9.17, 15) is 4.79 Å². The van der Waals surface area contributed by atoms with Crippen LogP contribution in [0.2, 0.25) is 0 Å². The lowest BCUT2D eigenvalue weighted by atomic mass is 10.1. The molecular formula is C10H10N6O. The van der Waals surface area contributed by atoms with Crippen molar-refractivity contribution in [3.63, 3.8) is 0 Å². The molecule has 1 N–H and O–H groups in total. The van der Waals surface area contributed by atoms with Crippen molar-refractivity contribution >= 4 is 0 Å². The van der Waals surface area contributed by atoms with Gasteiger partial charge in [-0.05, 0) is 25.5 Å². The van der Waals surface area contributed by atoms with Crippen molar-refractivity contribution in [2.75, 3.05) is 0 Å². The van der Waals surface area contributed by atoms with Crippen LogP contribution in [0.25, 0.3) is 0 Å². The zero-order valence-corrected chi connectivity index (χ0v) is 9.43. The molecule has 0 aliphatic carbocycles. The highest BCUT2D eigenvalue weighted by molar-refractivity contribution is 5.36. The minimum Gasteiger partial charge on any atom is -0.304 e. The largest absolute Gasteiger partial charge is 0.304 e. The molecule has 0 aromatic carbocycles. The Morgan fingerprint density at radius 2 is 2.29 bits per heavy atom. The van der Waals surface area contributed by atoms with Crippen LogP contribution in [0, 0.1) is 25.2 Å². The highest BCUT2D eigenvalue weighted by Crippen LogP contribution is 2.06. The summed E-state index contributed by atoms with van der Waals surface area (Å²) in [6.07, 6.45) is 0. The second kappa shape index (κ2) is 4.17. The van der Waals surface area contributed by atoms with Crippen LogP contribution in [0.15, 0.2) is 10.9 Å². The molecule has 0 unspecified atom stereocenters. The summed E-state index contributed by atoms with van der Waals surface area (Å²) in [6.45, 7) is 3.75. The fourth-order valence-electron chi connectivity index (χ4n) is 1.65. The first-order chi connectivity index (χ1) is 8.13. The maximum absolute atomic E-state index is 12.0. The van der Waals surface area contributed by atoms with Gasteiger partial charge in [-0.1, -0.05) is 5.21 Å². The Kier molecular flexibility index (Phi) is 2.70. The van der Waals surface area contributed by atoms with E-state index in [1.807, 2.05) is 6.07 Å². The Morgan fingerprint density at radius 1 is 1.53 bits per heavy atom. The van der Waals surface area contributed by atoms with Crippen molar-refractivity contribution in [3.8, 4) is 6.07 Å². The summed E-state index contributed by atoms with van der Waals surface area (Å²) in [7, 11) is 0. The van der Waals surface area contributed by atoms with Crippen LogP contribution in [0.5, 0.6) is 0 Å². The highest BCUT2D eigenvalue weighted by atomic mass is 16.1. The molecule has 2 aromatic heterocycles. The number of tetrazole rings is 1. The van der Waals surface area contributed by atoms with E-state index in [0.29, 0.717) is 11.4 Å². The summed E-state index contributed by atoms with van der Waals surface area (Å²) in [5.41, 5.74) is 1.27. The lowest BCUT2D eigenvalue weighted by Gasteiger charge is -2.09. The van der Waals surface area contributed by atoms with E-state index in [0.717, 1.165) is 5.69 Å². The fraction of sp³-hybridized carbons (Fsp3) is 0.300. The van der Waals surface area contributed by atoms with E-state index < -0.39 is 0 Å². The van der Waals surface area contributed by atoms with E-state index in [4.69, 9.17) is 5.26 Å². The van der Waals surface area contributed by atoms with Gasteiger partial charge in [-0.15, -0.1) is 10.2 Å². The Balaban J connectivity index is 2.55. The van der Waals surface area contributed by atoms with Gasteiger partial charge < -0.3 is 4.57 Å². The van der Waals surface area contributed by atoms with Gasteiger partial charge in [0.1, 0.15) is 11.6 Å². The molecule has 0 radical (unpaired) electrons. The number of nitriles is 1. The molecule has 17 heavy (non-hydrogen) atoms. The normalized spacial score (nSPS) is 10.2. The summed E-state index contributed by atoms with van der Waals surface area (Å²) < 4.78 is 1.45. The van der Waals surface area contributed by atoms with E-state index in [-0.39, 0.29) is 17.7 Å². The number of rotatable bonds is 2. The summed E-state index contributed by atoms with van der Waals surface area (Å²) in [6, 6.07) is 3.70. The molecule has 0 saturated heterocycles. The smallest absolute Gasteiger partial charge is 0.269 e. The molecule has 2 heterocycles. The van der Waals surface area contributed by atoms with Crippen LogP contribution in [0.3, 0.4) is 0 Å². The van der Waals surface area contributed by atoms with Gasteiger partial charge in [0.25, 0.3) is 5.56 Å². The van der Waals surface area contributed by atoms with Gasteiger partial charge in [-0.3, -0.25) is 4.79 Å². The molecule has 0 spiro atoms. The van der Waals surface area contributed by atoms with E-state index in [1.165, 1.54) is 4.57 Å². The lowest BCUT2D eigenvalue weighted by molar-refractivity contribution is 0.689. The Hall–Kier alpha value is -2.49. The minimum absolute atomic E-state index is 0.152. The standard InChI is InChI=1S/C10H10N6O/c1-6-3-7(2)16(10(17)8(6)4-11)5-9-12-14-15-13-9/h3H,5H2,1-2H3,(H,12,13,14,15). The van der Waals surface area contributed by atoms with Crippen LogP contribution in [-0.4, -0.2) is 25.2 Å². The molecule has 7 nitrogen and oxygen atoms in total. The summed E-state index contributed by atoms with van der Waals surface area (Å²) in [5.74, 6) is 0.406. The average molecular weight is 230 g/mol. The van der Waals surface area contributed by atoms with Gasteiger partial charge in [0.2, 0.25) is 0 Å². The maximum Gasteiger partial charge on any atom is 0.269 e. The van der Waals surface area contributed by atoms with Gasteiger partial charge in [-0.25, -0.2) is 0 Å². The third-order valence-electron chi connectivity index (χ3n) is 2.51. The van der Waals surface area contributed by atoms with Crippen LogP contribution in [0.1, 0.15) is 22.6 Å². The number of nitrogens with zero attached hydrogens (tertiary/aromatic N) is 5. The third-order valence-corrected chi connectivity index (χ3v) is 2.51. The van der Waals surface area contributed by atoms with Crippen LogP contribution in [0.4, 0.5) is 0 Å². The topological polar surface area (TPSA) is 100 Å². The van der Waals surface area contributed by atoms with Gasteiger partial charge in [-0.2, -0.15) is 10.5 Å². The number of pyridine rings is 1. The molecule has 0 aliphatic heterocycles. The van der Waals surface area contributed by atoms with Crippen molar-refractivity contribution in [2.45, 2.75) is 20.4 Å². The number of aromatic amines is 1. The summed E-state index contributed by atoms with van der Waals surface area (Å²) >= 11 is 0. The molecule has 0 bridgehead atoms. The Labute approximate surface area is 96.7 Å². The van der Waals surface area contributed by atoms with Crippen molar-refractivity contribution in [1.29, 1.82) is 5.26 Å². The summed E-state index contributed by atoms with van der Waals surface area (Å²) in [5, 5.41) is 22.2. The van der Waals surface area contributed by atoms with Crippen LogP contribution in [-0.2, 0) is 6.54 Å². The van der Waals surface area contributed by atoms with E-state index in [2.05, 4.69) is 20.6 Å². The van der Waals surface area contributed by atoms with Crippen LogP contribution >= 0.6 is 0 Å². The molecular weight excluding hydrogens is 220 g/mol. The molecule has 0 atom stereocenters. The lowest BCUT2D eigenvalue weighted by Crippen LogP contribution is -2.26. The monoisotopic (exact) mass is 230 g/mol. The molecule has 0 fully saturated rings. The zero-order chi connectivity index (χ0) is 12.4. The first kappa shape index (κ1) is 11.0. The second-order valence-corrected chi connectivity index (χ2v) is 3.67. The minimum atomic E-state index is -0.324. The first-order valence-electron chi connectivity index (χ1n) is 4.97. The predicted octanol–water partition coefficient (Wildman–Crippen LogP) is -0.102. The molecule has 2 aromatic rings. The molecule has 0 aliphatic rings. The van der Waals surface area contributed by atoms with Crippen molar-refractivity contribution in [3.05, 3.63) is 39.1 Å². The Morgan fingerprint density at radius 3 is 2.88 bits per heavy atom. The fourth-order valence-corrected chi connectivity index (χ4v) is 1.65. The number of aryl methyl sites for hydroxylation is 2. The van der Waals surface area contributed by atoms with Gasteiger partial charge in [0.05, 0.1) is 6.54 Å². The second-order valence-electron chi connectivity index (χ2n) is 3.67. The van der Waals surface area contributed by atoms with Crippen molar-refractivity contribution in [1.82, 2.24) is 25.2 Å². The molecule has 7 heteroatoms. The molecule has 2 rings (SSSR count). The summed E-state index contributed by atoms with van der Waals surface area (Å²) in [4.78, 5) is 12.0. The number of hydrogen-bond donors (Lipinski definition) is 1. The average Bonchev–Trinajstić information content (AvgIpc) is 2.77. The van der Waals surface area contributed by atoms with Crippen LogP contribution < -0.4 is 5.56 Å². The zero-order valence-electron chi connectivity index (χ0n) is 9.43. The van der Waals surface area contributed by atoms with Gasteiger partial charge >= 0.3 is 0 Å². The maximum atomic E-state index is 12.0. The number of hydrogen-bond acceptors (Lipinski definition) is 5. The highest BCUT2D eigenvalue weighted by Gasteiger charge is 2.11. The number of nitrogens with one attached hydrogen (secondary N) is 1. The molecule has 0 saturated carbocycles. The molecule has 86 valence electrons. The van der Waals surface area contributed by atoms with Crippen molar-refractivity contribution < 1.29 is 0 Å². The van der Waals surface area contributed by atoms with E-state index >= 15 is 0 Å². The number of H-pyrrole nitrogens is 1. The quantitative estimate of drug-likeness (QED) is 0.776. The van der Waals surface area contributed by atoms with Gasteiger partial charge in [0.15, 0.2) is 5.82 Å².